The number of nitrogens with zero attached hydrogens (tertiary/aromatic N) is 2. The Hall–Kier alpha value is -2.87. The number of rotatable bonds is 4. The van der Waals surface area contributed by atoms with Gasteiger partial charge < -0.3 is 15.0 Å². The van der Waals surface area contributed by atoms with Crippen LogP contribution in [-0.4, -0.2) is 40.4 Å². The van der Waals surface area contributed by atoms with Gasteiger partial charge in [-0.2, -0.15) is 5.10 Å². The molecule has 1 amide bonds. The summed E-state index contributed by atoms with van der Waals surface area (Å²) in [4.78, 5) is 27.4. The van der Waals surface area contributed by atoms with E-state index in [-0.39, 0.29) is 17.4 Å². The summed E-state index contributed by atoms with van der Waals surface area (Å²) in [5, 5.41) is 11.6. The molecule has 1 aliphatic heterocycles. The number of nitrogens with one attached hydrogen (secondary N) is 3. The zero-order valence-electron chi connectivity index (χ0n) is 16.1. The van der Waals surface area contributed by atoms with E-state index in [0.717, 1.165) is 31.6 Å². The van der Waals surface area contributed by atoms with Gasteiger partial charge in [-0.3, -0.25) is 10.1 Å². The Morgan fingerprint density at radius 3 is 2.89 bits per heavy atom. The van der Waals surface area contributed by atoms with Gasteiger partial charge in [0.25, 0.3) is 5.56 Å². The van der Waals surface area contributed by atoms with Crippen molar-refractivity contribution in [2.45, 2.75) is 32.6 Å². The van der Waals surface area contributed by atoms with E-state index in [1.54, 1.807) is 12.1 Å². The van der Waals surface area contributed by atoms with E-state index in [1.807, 2.05) is 30.5 Å². The van der Waals surface area contributed by atoms with Crippen LogP contribution in [0.2, 0.25) is 0 Å². The van der Waals surface area contributed by atoms with Crippen molar-refractivity contribution in [2.75, 3.05) is 25.0 Å². The molecule has 148 valence electrons. The molecule has 0 radical (unpaired) electrons. The van der Waals surface area contributed by atoms with Crippen LogP contribution in [0.3, 0.4) is 0 Å². The molecule has 3 heterocycles. The maximum absolute atomic E-state index is 12.4. The van der Waals surface area contributed by atoms with Gasteiger partial charge in [-0.1, -0.05) is 19.9 Å². The summed E-state index contributed by atoms with van der Waals surface area (Å²) in [6.45, 7) is 6.15. The van der Waals surface area contributed by atoms with Gasteiger partial charge in [-0.05, 0) is 44.0 Å². The minimum atomic E-state index is -0.516. The molecule has 8 nitrogen and oxygen atoms in total. The second kappa shape index (κ2) is 7.63. The summed E-state index contributed by atoms with van der Waals surface area (Å²) in [5.41, 5.74) is 2.61. The van der Waals surface area contributed by atoms with Crippen molar-refractivity contribution in [2.24, 2.45) is 5.92 Å². The van der Waals surface area contributed by atoms with Crippen molar-refractivity contribution in [3.05, 3.63) is 40.3 Å². The molecule has 0 saturated carbocycles. The zero-order chi connectivity index (χ0) is 19.7. The smallest absolute Gasteiger partial charge is 0.411 e. The quantitative estimate of drug-likeness (QED) is 0.643. The number of aromatic nitrogens is 3. The molecular weight excluding hydrogens is 358 g/mol. The fourth-order valence-corrected chi connectivity index (χ4v) is 3.69. The molecule has 2 aromatic heterocycles. The lowest BCUT2D eigenvalue weighted by molar-refractivity contribution is 0.147. The van der Waals surface area contributed by atoms with Crippen molar-refractivity contribution in [1.29, 1.82) is 0 Å². The number of amides is 1. The van der Waals surface area contributed by atoms with E-state index < -0.39 is 6.09 Å². The lowest BCUT2D eigenvalue weighted by Crippen LogP contribution is -2.28. The van der Waals surface area contributed by atoms with Crippen molar-refractivity contribution in [3.63, 3.8) is 0 Å². The molecule has 1 saturated heterocycles. The summed E-state index contributed by atoms with van der Waals surface area (Å²) in [7, 11) is 0. The second-order valence-electron chi connectivity index (χ2n) is 7.66. The molecule has 3 N–H and O–H groups in total. The highest BCUT2D eigenvalue weighted by Gasteiger charge is 2.22. The van der Waals surface area contributed by atoms with Gasteiger partial charge in [0.15, 0.2) is 0 Å². The number of piperidine rings is 1. The standard InChI is InChI=1S/C20H25N5O3/c1-12(2)11-28-20(27)22-14-4-3-5-15-18(14)19-23-17(26)10-16(25(19)24-15)13-6-8-21-9-7-13/h3-5,10,12-13,21H,6-9,11H2,1-2H3,(H,22,27)(H,23,26). The van der Waals surface area contributed by atoms with Crippen molar-refractivity contribution >= 4 is 28.3 Å². The summed E-state index contributed by atoms with van der Waals surface area (Å²) in [6.07, 6.45) is 1.40. The number of aromatic amines is 1. The van der Waals surface area contributed by atoms with Crippen LogP contribution < -0.4 is 16.2 Å². The maximum atomic E-state index is 12.4. The van der Waals surface area contributed by atoms with Crippen LogP contribution in [0, 0.1) is 5.92 Å². The van der Waals surface area contributed by atoms with Gasteiger partial charge >= 0.3 is 6.09 Å². The van der Waals surface area contributed by atoms with Crippen molar-refractivity contribution in [1.82, 2.24) is 19.9 Å². The first kappa shape index (κ1) is 18.5. The number of carbonyl (C=O) groups is 1. The number of carbonyl (C=O) groups excluding carboxylic acids is 1. The van der Waals surface area contributed by atoms with Gasteiger partial charge in [0, 0.05) is 12.0 Å². The molecule has 1 aromatic carbocycles. The van der Waals surface area contributed by atoms with Crippen LogP contribution in [0.4, 0.5) is 10.5 Å². The van der Waals surface area contributed by atoms with Gasteiger partial charge in [0.05, 0.1) is 28.9 Å². The fraction of sp³-hybridized carbons (Fsp3) is 0.450. The summed E-state index contributed by atoms with van der Waals surface area (Å²) < 4.78 is 7.04. The topological polar surface area (TPSA) is 101 Å². The van der Waals surface area contributed by atoms with E-state index in [2.05, 4.69) is 15.6 Å². The third kappa shape index (κ3) is 3.60. The Morgan fingerprint density at radius 1 is 1.36 bits per heavy atom. The Labute approximate surface area is 162 Å². The predicted octanol–water partition coefficient (Wildman–Crippen LogP) is 2.85. The van der Waals surface area contributed by atoms with Crippen LogP contribution in [0.5, 0.6) is 0 Å². The molecule has 0 atom stereocenters. The molecule has 28 heavy (non-hydrogen) atoms. The average molecular weight is 383 g/mol. The summed E-state index contributed by atoms with van der Waals surface area (Å²) in [6, 6.07) is 7.13. The van der Waals surface area contributed by atoms with E-state index in [0.29, 0.717) is 28.8 Å². The largest absolute Gasteiger partial charge is 0.449 e. The number of ether oxygens (including phenoxy) is 1. The van der Waals surface area contributed by atoms with Crippen LogP contribution >= 0.6 is 0 Å². The lowest BCUT2D eigenvalue weighted by Gasteiger charge is -2.23. The molecule has 3 aromatic rings. The molecule has 0 unspecified atom stereocenters. The third-order valence-corrected chi connectivity index (χ3v) is 5.01. The molecule has 0 spiro atoms. The van der Waals surface area contributed by atoms with E-state index >= 15 is 0 Å². The first-order valence-corrected chi connectivity index (χ1v) is 9.72. The maximum Gasteiger partial charge on any atom is 0.411 e. The Balaban J connectivity index is 1.79. The number of hydrogen-bond donors (Lipinski definition) is 3. The first-order valence-electron chi connectivity index (χ1n) is 9.72. The van der Waals surface area contributed by atoms with Crippen LogP contribution in [0.1, 0.15) is 38.3 Å². The van der Waals surface area contributed by atoms with Gasteiger partial charge in [0.2, 0.25) is 0 Å². The minimum Gasteiger partial charge on any atom is -0.449 e. The average Bonchev–Trinajstić information content (AvgIpc) is 3.06. The minimum absolute atomic E-state index is 0.167. The highest BCUT2D eigenvalue weighted by molar-refractivity contribution is 6.06. The Morgan fingerprint density at radius 2 is 2.14 bits per heavy atom. The SMILES string of the molecule is CC(C)COC(=O)Nc1cccc2nn3c(C4CCNCC4)cc(=O)[nH]c3c12. The lowest BCUT2D eigenvalue weighted by atomic mass is 9.94. The summed E-state index contributed by atoms with van der Waals surface area (Å²) in [5.74, 6) is 0.523. The number of H-pyrrole nitrogens is 1. The fourth-order valence-electron chi connectivity index (χ4n) is 3.69. The molecule has 4 rings (SSSR count). The molecule has 1 fully saturated rings. The van der Waals surface area contributed by atoms with Gasteiger partial charge in [-0.25, -0.2) is 9.31 Å². The highest BCUT2D eigenvalue weighted by Crippen LogP contribution is 2.30. The highest BCUT2D eigenvalue weighted by atomic mass is 16.5. The van der Waals surface area contributed by atoms with Crippen LogP contribution in [0.25, 0.3) is 16.6 Å². The van der Waals surface area contributed by atoms with Crippen molar-refractivity contribution in [3.8, 4) is 0 Å². The van der Waals surface area contributed by atoms with Gasteiger partial charge in [-0.15, -0.1) is 0 Å². The molecule has 1 aliphatic rings. The predicted molar refractivity (Wildman–Crippen MR) is 108 cm³/mol. The molecule has 0 bridgehead atoms. The normalized spacial score (nSPS) is 15.4. The van der Waals surface area contributed by atoms with E-state index in [9.17, 15) is 9.59 Å². The van der Waals surface area contributed by atoms with Crippen LogP contribution in [-0.2, 0) is 4.74 Å². The number of hydrogen-bond acceptors (Lipinski definition) is 5. The van der Waals surface area contributed by atoms with E-state index in [4.69, 9.17) is 9.84 Å². The van der Waals surface area contributed by atoms with E-state index in [1.165, 1.54) is 0 Å². The first-order chi connectivity index (χ1) is 13.5. The van der Waals surface area contributed by atoms with Crippen LogP contribution in [0.15, 0.2) is 29.1 Å². The Bertz CT molecular complexity index is 1060. The summed E-state index contributed by atoms with van der Waals surface area (Å²) >= 11 is 0. The Kier molecular flexibility index (Phi) is 5.04. The number of anilines is 1. The second-order valence-corrected chi connectivity index (χ2v) is 7.66. The zero-order valence-corrected chi connectivity index (χ0v) is 16.1. The van der Waals surface area contributed by atoms with Gasteiger partial charge in [0.1, 0.15) is 5.65 Å². The monoisotopic (exact) mass is 383 g/mol. The molecule has 8 heteroatoms. The third-order valence-electron chi connectivity index (χ3n) is 5.01. The molecule has 0 aliphatic carbocycles. The number of benzene rings is 1. The number of fused-ring (bicyclic) bond motifs is 3. The van der Waals surface area contributed by atoms with Crippen molar-refractivity contribution < 1.29 is 9.53 Å². The molecular formula is C20H25N5O3.